The standard InChI is InChI=1S/C12H25N3O3.ClH/c1-5-13-6-7-14-12(17)11(9(2)3)15-10(16)8-18-4;/h9,11,13H,5-8H2,1-4H3,(H,14,17)(H,15,16);1H/t11-;/m0./s1. The van der Waals surface area contributed by atoms with Crippen LogP contribution in [0, 0.1) is 5.92 Å². The Morgan fingerprint density at radius 2 is 1.84 bits per heavy atom. The summed E-state index contributed by atoms with van der Waals surface area (Å²) < 4.78 is 4.72. The maximum Gasteiger partial charge on any atom is 0.246 e. The highest BCUT2D eigenvalue weighted by Gasteiger charge is 2.23. The van der Waals surface area contributed by atoms with Gasteiger partial charge in [0.05, 0.1) is 0 Å². The van der Waals surface area contributed by atoms with Crippen LogP contribution in [0.25, 0.3) is 0 Å². The van der Waals surface area contributed by atoms with E-state index in [1.807, 2.05) is 20.8 Å². The lowest BCUT2D eigenvalue weighted by atomic mass is 10.0. The smallest absolute Gasteiger partial charge is 0.246 e. The number of hydrogen-bond donors (Lipinski definition) is 3. The number of likely N-dealkylation sites (N-methyl/N-ethyl adjacent to an activating group) is 1. The molecule has 0 fully saturated rings. The summed E-state index contributed by atoms with van der Waals surface area (Å²) in [7, 11) is 1.44. The van der Waals surface area contributed by atoms with E-state index in [1.165, 1.54) is 7.11 Å². The predicted molar refractivity (Wildman–Crippen MR) is 77.4 cm³/mol. The van der Waals surface area contributed by atoms with Crippen LogP contribution in [0.4, 0.5) is 0 Å². The van der Waals surface area contributed by atoms with E-state index < -0.39 is 6.04 Å². The van der Waals surface area contributed by atoms with E-state index in [2.05, 4.69) is 16.0 Å². The maximum absolute atomic E-state index is 11.9. The van der Waals surface area contributed by atoms with Crippen molar-refractivity contribution in [1.82, 2.24) is 16.0 Å². The minimum atomic E-state index is -0.519. The van der Waals surface area contributed by atoms with Crippen molar-refractivity contribution in [3.05, 3.63) is 0 Å². The molecule has 0 aromatic carbocycles. The number of hydrogen-bond acceptors (Lipinski definition) is 4. The minimum absolute atomic E-state index is 0. The highest BCUT2D eigenvalue weighted by molar-refractivity contribution is 5.88. The molecule has 0 unspecified atom stereocenters. The second-order valence-corrected chi connectivity index (χ2v) is 4.37. The Kier molecular flexibility index (Phi) is 13.1. The SMILES string of the molecule is CCNCCNC(=O)[C@@H](NC(=O)COC)C(C)C.Cl. The van der Waals surface area contributed by atoms with Gasteiger partial charge in [0.25, 0.3) is 0 Å². The van der Waals surface area contributed by atoms with Crippen LogP contribution in [0.1, 0.15) is 20.8 Å². The molecule has 0 saturated carbocycles. The summed E-state index contributed by atoms with van der Waals surface area (Å²) in [5, 5.41) is 8.56. The van der Waals surface area contributed by atoms with E-state index in [-0.39, 0.29) is 36.7 Å². The summed E-state index contributed by atoms with van der Waals surface area (Å²) in [4.78, 5) is 23.3. The van der Waals surface area contributed by atoms with Crippen molar-refractivity contribution in [3.63, 3.8) is 0 Å². The highest BCUT2D eigenvalue weighted by atomic mass is 35.5. The zero-order valence-corrected chi connectivity index (χ0v) is 12.9. The van der Waals surface area contributed by atoms with Gasteiger partial charge in [-0.1, -0.05) is 20.8 Å². The molecule has 0 spiro atoms. The van der Waals surface area contributed by atoms with Gasteiger partial charge in [-0.3, -0.25) is 9.59 Å². The van der Waals surface area contributed by atoms with Crippen molar-refractivity contribution < 1.29 is 14.3 Å². The molecule has 2 amide bonds. The molecule has 0 aliphatic rings. The molecule has 0 aliphatic carbocycles. The highest BCUT2D eigenvalue weighted by Crippen LogP contribution is 2.01. The molecule has 0 radical (unpaired) electrons. The first kappa shape index (κ1) is 20.5. The third-order valence-electron chi connectivity index (χ3n) is 2.39. The molecule has 7 heteroatoms. The lowest BCUT2D eigenvalue weighted by molar-refractivity contribution is -0.131. The predicted octanol–water partition coefficient (Wildman–Crippen LogP) is -0.0789. The van der Waals surface area contributed by atoms with E-state index in [1.54, 1.807) is 0 Å². The Hall–Kier alpha value is -0.850. The van der Waals surface area contributed by atoms with Gasteiger partial charge in [-0.05, 0) is 12.5 Å². The molecule has 0 heterocycles. The largest absolute Gasteiger partial charge is 0.375 e. The molecule has 0 aromatic heterocycles. The number of carbonyl (C=O) groups excluding carboxylic acids is 2. The number of nitrogens with one attached hydrogen (secondary N) is 3. The Bertz CT molecular complexity index is 263. The first-order chi connectivity index (χ1) is 8.52. The van der Waals surface area contributed by atoms with Crippen molar-refractivity contribution in [3.8, 4) is 0 Å². The first-order valence-corrected chi connectivity index (χ1v) is 6.29. The third-order valence-corrected chi connectivity index (χ3v) is 2.39. The van der Waals surface area contributed by atoms with Crippen LogP contribution < -0.4 is 16.0 Å². The lowest BCUT2D eigenvalue weighted by Crippen LogP contribution is -2.51. The van der Waals surface area contributed by atoms with E-state index in [4.69, 9.17) is 4.74 Å². The van der Waals surface area contributed by atoms with E-state index in [0.29, 0.717) is 6.54 Å². The minimum Gasteiger partial charge on any atom is -0.375 e. The Labute approximate surface area is 121 Å². The monoisotopic (exact) mass is 295 g/mol. The van der Waals surface area contributed by atoms with Crippen molar-refractivity contribution in [2.45, 2.75) is 26.8 Å². The molecule has 0 saturated heterocycles. The number of rotatable bonds is 9. The average Bonchev–Trinajstić information content (AvgIpc) is 2.31. The molecule has 114 valence electrons. The third kappa shape index (κ3) is 9.69. The van der Waals surface area contributed by atoms with Gasteiger partial charge in [-0.2, -0.15) is 0 Å². The van der Waals surface area contributed by atoms with E-state index >= 15 is 0 Å². The van der Waals surface area contributed by atoms with E-state index in [0.717, 1.165) is 13.1 Å². The fourth-order valence-electron chi connectivity index (χ4n) is 1.44. The average molecular weight is 296 g/mol. The number of ether oxygens (including phenoxy) is 1. The Morgan fingerprint density at radius 3 is 2.32 bits per heavy atom. The number of carbonyl (C=O) groups is 2. The van der Waals surface area contributed by atoms with Crippen molar-refractivity contribution in [2.24, 2.45) is 5.92 Å². The quantitative estimate of drug-likeness (QED) is 0.520. The van der Waals surface area contributed by atoms with Crippen LogP contribution in [0.5, 0.6) is 0 Å². The van der Waals surface area contributed by atoms with E-state index in [9.17, 15) is 9.59 Å². The van der Waals surface area contributed by atoms with Crippen LogP contribution in [0.15, 0.2) is 0 Å². The van der Waals surface area contributed by atoms with Crippen LogP contribution >= 0.6 is 12.4 Å². The fourth-order valence-corrected chi connectivity index (χ4v) is 1.44. The molecule has 6 nitrogen and oxygen atoms in total. The summed E-state index contributed by atoms with van der Waals surface area (Å²) in [5.74, 6) is -0.407. The summed E-state index contributed by atoms with van der Waals surface area (Å²) in [6.45, 7) is 7.89. The Morgan fingerprint density at radius 1 is 1.21 bits per heavy atom. The number of amides is 2. The van der Waals surface area contributed by atoms with Crippen LogP contribution in [-0.4, -0.2) is 51.2 Å². The molecule has 0 aromatic rings. The van der Waals surface area contributed by atoms with Gasteiger partial charge in [0, 0.05) is 20.2 Å². The van der Waals surface area contributed by atoms with Gasteiger partial charge in [-0.25, -0.2) is 0 Å². The molecular weight excluding hydrogens is 270 g/mol. The van der Waals surface area contributed by atoms with Gasteiger partial charge < -0.3 is 20.7 Å². The summed E-state index contributed by atoms with van der Waals surface area (Å²) in [6, 6.07) is -0.519. The van der Waals surface area contributed by atoms with Gasteiger partial charge >= 0.3 is 0 Å². The van der Waals surface area contributed by atoms with Gasteiger partial charge in [0.2, 0.25) is 11.8 Å². The molecule has 0 rings (SSSR count). The molecule has 0 bridgehead atoms. The summed E-state index contributed by atoms with van der Waals surface area (Å²) in [6.07, 6.45) is 0. The van der Waals surface area contributed by atoms with Gasteiger partial charge in [0.15, 0.2) is 0 Å². The van der Waals surface area contributed by atoms with Crippen LogP contribution in [0.2, 0.25) is 0 Å². The van der Waals surface area contributed by atoms with Crippen molar-refractivity contribution in [2.75, 3.05) is 33.4 Å². The fraction of sp³-hybridized carbons (Fsp3) is 0.833. The topological polar surface area (TPSA) is 79.5 Å². The summed E-state index contributed by atoms with van der Waals surface area (Å²) in [5.41, 5.74) is 0. The lowest BCUT2D eigenvalue weighted by Gasteiger charge is -2.21. The van der Waals surface area contributed by atoms with Crippen molar-refractivity contribution in [1.29, 1.82) is 0 Å². The number of halogens is 1. The normalized spacial score (nSPS) is 11.6. The second-order valence-electron chi connectivity index (χ2n) is 4.37. The van der Waals surface area contributed by atoms with Gasteiger partial charge in [0.1, 0.15) is 12.6 Å². The Balaban J connectivity index is 0. The van der Waals surface area contributed by atoms with Crippen LogP contribution in [0.3, 0.4) is 0 Å². The first-order valence-electron chi connectivity index (χ1n) is 6.29. The zero-order chi connectivity index (χ0) is 14.0. The molecular formula is C12H26ClN3O3. The molecule has 1 atom stereocenters. The summed E-state index contributed by atoms with van der Waals surface area (Å²) >= 11 is 0. The van der Waals surface area contributed by atoms with Crippen molar-refractivity contribution >= 4 is 24.2 Å². The maximum atomic E-state index is 11.9. The number of methoxy groups -OCH3 is 1. The second kappa shape index (κ2) is 12.2. The molecule has 19 heavy (non-hydrogen) atoms. The van der Waals surface area contributed by atoms with Gasteiger partial charge in [-0.15, -0.1) is 12.4 Å². The van der Waals surface area contributed by atoms with Crippen LogP contribution in [-0.2, 0) is 14.3 Å². The molecule has 3 N–H and O–H groups in total. The molecule has 0 aliphatic heterocycles. The zero-order valence-electron chi connectivity index (χ0n) is 12.1.